The summed E-state index contributed by atoms with van der Waals surface area (Å²) < 4.78 is 18.5. The van der Waals surface area contributed by atoms with E-state index in [0.29, 0.717) is 11.8 Å². The molecule has 2 atom stereocenters. The predicted octanol–water partition coefficient (Wildman–Crippen LogP) is 4.84. The quantitative estimate of drug-likeness (QED) is 0.699. The summed E-state index contributed by atoms with van der Waals surface area (Å²) in [6, 6.07) is 5.84. The molecule has 1 aromatic rings. The van der Waals surface area contributed by atoms with Crippen LogP contribution in [0.2, 0.25) is 0 Å². The van der Waals surface area contributed by atoms with Crippen molar-refractivity contribution in [1.29, 1.82) is 0 Å². The molecule has 0 saturated carbocycles. The van der Waals surface area contributed by atoms with Crippen LogP contribution in [0.5, 0.6) is 5.75 Å². The van der Waals surface area contributed by atoms with Gasteiger partial charge in [-0.15, -0.1) is 0 Å². The highest BCUT2D eigenvalue weighted by Gasteiger charge is 2.14. The SMILES string of the molecule is CCCCC(CCC)NC(C)c1ccc(F)c(OC)c1. The van der Waals surface area contributed by atoms with E-state index in [1.54, 1.807) is 6.07 Å². The van der Waals surface area contributed by atoms with Gasteiger partial charge in [0.15, 0.2) is 11.6 Å². The Hall–Kier alpha value is -1.09. The largest absolute Gasteiger partial charge is 0.494 e. The van der Waals surface area contributed by atoms with Crippen molar-refractivity contribution < 1.29 is 9.13 Å². The van der Waals surface area contributed by atoms with Crippen LogP contribution in [-0.4, -0.2) is 13.2 Å². The number of hydrogen-bond donors (Lipinski definition) is 1. The van der Waals surface area contributed by atoms with Gasteiger partial charge in [0, 0.05) is 12.1 Å². The van der Waals surface area contributed by atoms with Gasteiger partial charge >= 0.3 is 0 Å². The van der Waals surface area contributed by atoms with Crippen LogP contribution in [-0.2, 0) is 0 Å². The highest BCUT2D eigenvalue weighted by atomic mass is 19.1. The van der Waals surface area contributed by atoms with Gasteiger partial charge in [-0.25, -0.2) is 4.39 Å². The van der Waals surface area contributed by atoms with Crippen LogP contribution in [0.15, 0.2) is 18.2 Å². The molecule has 0 bridgehead atoms. The Bertz CT molecular complexity index is 395. The highest BCUT2D eigenvalue weighted by Crippen LogP contribution is 2.23. The van der Waals surface area contributed by atoms with E-state index < -0.39 is 0 Å². The highest BCUT2D eigenvalue weighted by molar-refractivity contribution is 5.31. The molecule has 2 unspecified atom stereocenters. The third-order valence-corrected chi connectivity index (χ3v) is 3.70. The lowest BCUT2D eigenvalue weighted by Crippen LogP contribution is -2.31. The van der Waals surface area contributed by atoms with E-state index >= 15 is 0 Å². The first-order chi connectivity index (χ1) is 9.62. The molecule has 1 rings (SSSR count). The zero-order chi connectivity index (χ0) is 15.0. The standard InChI is InChI=1S/C17H28FNO/c1-5-7-9-15(8-6-2)19-13(3)14-10-11-16(18)17(12-14)20-4/h10-13,15,19H,5-9H2,1-4H3. The van der Waals surface area contributed by atoms with Gasteiger partial charge in [0.25, 0.3) is 0 Å². The topological polar surface area (TPSA) is 21.3 Å². The Kier molecular flexibility index (Phi) is 7.60. The summed E-state index contributed by atoms with van der Waals surface area (Å²) in [5.74, 6) is 0.0105. The van der Waals surface area contributed by atoms with Crippen LogP contribution >= 0.6 is 0 Å². The minimum Gasteiger partial charge on any atom is -0.494 e. The summed E-state index contributed by atoms with van der Waals surface area (Å²) in [6.07, 6.45) is 6.04. The number of rotatable bonds is 9. The Morgan fingerprint density at radius 3 is 2.55 bits per heavy atom. The minimum absolute atomic E-state index is 0.206. The number of benzene rings is 1. The third kappa shape index (κ3) is 5.12. The number of nitrogens with one attached hydrogen (secondary N) is 1. The number of methoxy groups -OCH3 is 1. The first-order valence-electron chi connectivity index (χ1n) is 7.71. The molecule has 0 amide bonds. The van der Waals surface area contributed by atoms with Gasteiger partial charge < -0.3 is 10.1 Å². The fourth-order valence-electron chi connectivity index (χ4n) is 2.51. The van der Waals surface area contributed by atoms with E-state index in [4.69, 9.17) is 4.74 Å². The molecule has 1 N–H and O–H groups in total. The first kappa shape index (κ1) is 17.0. The van der Waals surface area contributed by atoms with Crippen LogP contribution < -0.4 is 10.1 Å². The third-order valence-electron chi connectivity index (χ3n) is 3.70. The molecule has 114 valence electrons. The fourth-order valence-corrected chi connectivity index (χ4v) is 2.51. The van der Waals surface area contributed by atoms with E-state index in [9.17, 15) is 4.39 Å². The summed E-state index contributed by atoms with van der Waals surface area (Å²) >= 11 is 0. The van der Waals surface area contributed by atoms with Crippen molar-refractivity contribution in [3.05, 3.63) is 29.6 Å². The van der Waals surface area contributed by atoms with Crippen molar-refractivity contribution in [2.75, 3.05) is 7.11 Å². The van der Waals surface area contributed by atoms with Crippen LogP contribution in [0.4, 0.5) is 4.39 Å². The van der Waals surface area contributed by atoms with Gasteiger partial charge in [-0.05, 0) is 37.5 Å². The van der Waals surface area contributed by atoms with Gasteiger partial charge in [0.1, 0.15) is 0 Å². The number of ether oxygens (including phenoxy) is 1. The maximum Gasteiger partial charge on any atom is 0.165 e. The lowest BCUT2D eigenvalue weighted by atomic mass is 10.0. The number of hydrogen-bond acceptors (Lipinski definition) is 2. The second-order valence-corrected chi connectivity index (χ2v) is 5.41. The van der Waals surface area contributed by atoms with Gasteiger partial charge in [0.2, 0.25) is 0 Å². The predicted molar refractivity (Wildman–Crippen MR) is 82.7 cm³/mol. The molecule has 0 fully saturated rings. The van der Waals surface area contributed by atoms with E-state index in [1.807, 2.05) is 6.07 Å². The molecule has 0 spiro atoms. The summed E-state index contributed by atoms with van der Waals surface area (Å²) in [7, 11) is 1.50. The average Bonchev–Trinajstić information content (AvgIpc) is 2.45. The minimum atomic E-state index is -0.306. The van der Waals surface area contributed by atoms with Crippen molar-refractivity contribution in [1.82, 2.24) is 5.32 Å². The summed E-state index contributed by atoms with van der Waals surface area (Å²) in [6.45, 7) is 6.56. The van der Waals surface area contributed by atoms with E-state index in [1.165, 1.54) is 45.3 Å². The van der Waals surface area contributed by atoms with Crippen molar-refractivity contribution in [3.63, 3.8) is 0 Å². The molecule has 3 heteroatoms. The van der Waals surface area contributed by atoms with E-state index in [2.05, 4.69) is 26.1 Å². The van der Waals surface area contributed by atoms with Crippen molar-refractivity contribution in [2.24, 2.45) is 0 Å². The summed E-state index contributed by atoms with van der Waals surface area (Å²) in [5, 5.41) is 3.66. The molecule has 0 heterocycles. The average molecular weight is 281 g/mol. The molecule has 0 radical (unpaired) electrons. The Morgan fingerprint density at radius 2 is 1.95 bits per heavy atom. The molecule has 0 aromatic heterocycles. The second kappa shape index (κ2) is 8.96. The smallest absolute Gasteiger partial charge is 0.165 e. The molecule has 1 aromatic carbocycles. The summed E-state index contributed by atoms with van der Waals surface area (Å²) in [5.41, 5.74) is 1.07. The molecule has 0 aliphatic heterocycles. The number of unbranched alkanes of at least 4 members (excludes halogenated alkanes) is 1. The molecule has 0 aliphatic rings. The Labute approximate surface area is 122 Å². The van der Waals surface area contributed by atoms with Crippen LogP contribution in [0.25, 0.3) is 0 Å². The van der Waals surface area contributed by atoms with Gasteiger partial charge in [0.05, 0.1) is 7.11 Å². The van der Waals surface area contributed by atoms with Crippen molar-refractivity contribution in [2.45, 2.75) is 65.0 Å². The summed E-state index contributed by atoms with van der Waals surface area (Å²) in [4.78, 5) is 0. The molecule has 0 aliphatic carbocycles. The molecular formula is C17H28FNO. The number of halogens is 1. The maximum atomic E-state index is 13.4. The van der Waals surface area contributed by atoms with Crippen LogP contribution in [0.3, 0.4) is 0 Å². The fraction of sp³-hybridized carbons (Fsp3) is 0.647. The van der Waals surface area contributed by atoms with Gasteiger partial charge in [-0.2, -0.15) is 0 Å². The van der Waals surface area contributed by atoms with E-state index in [0.717, 1.165) is 5.56 Å². The molecule has 20 heavy (non-hydrogen) atoms. The van der Waals surface area contributed by atoms with Crippen LogP contribution in [0, 0.1) is 5.82 Å². The molecular weight excluding hydrogens is 253 g/mol. The first-order valence-corrected chi connectivity index (χ1v) is 7.71. The van der Waals surface area contributed by atoms with Gasteiger partial charge in [-0.3, -0.25) is 0 Å². The van der Waals surface area contributed by atoms with Crippen molar-refractivity contribution in [3.8, 4) is 5.75 Å². The second-order valence-electron chi connectivity index (χ2n) is 5.41. The Morgan fingerprint density at radius 1 is 1.20 bits per heavy atom. The van der Waals surface area contributed by atoms with E-state index in [-0.39, 0.29) is 11.9 Å². The zero-order valence-corrected chi connectivity index (χ0v) is 13.2. The molecule has 0 saturated heterocycles. The lowest BCUT2D eigenvalue weighted by molar-refractivity contribution is 0.379. The van der Waals surface area contributed by atoms with Crippen molar-refractivity contribution >= 4 is 0 Å². The zero-order valence-electron chi connectivity index (χ0n) is 13.2. The normalized spacial score (nSPS) is 14.1. The monoisotopic (exact) mass is 281 g/mol. The lowest BCUT2D eigenvalue weighted by Gasteiger charge is -2.23. The van der Waals surface area contributed by atoms with Crippen LogP contribution in [0.1, 0.15) is 64.5 Å². The maximum absolute atomic E-state index is 13.4. The Balaban J connectivity index is 2.69. The van der Waals surface area contributed by atoms with Gasteiger partial charge in [-0.1, -0.05) is 39.2 Å². The molecule has 2 nitrogen and oxygen atoms in total.